The van der Waals surface area contributed by atoms with E-state index in [1.54, 1.807) is 0 Å². The molecule has 0 aliphatic heterocycles. The van der Waals surface area contributed by atoms with E-state index in [-0.39, 0.29) is 6.10 Å². The lowest BCUT2D eigenvalue weighted by molar-refractivity contribution is 0.242. The molecular weight excluding hydrogens is 282 g/mol. The van der Waals surface area contributed by atoms with Gasteiger partial charge in [-0.2, -0.15) is 0 Å². The fourth-order valence-electron chi connectivity index (χ4n) is 2.13. The second-order valence-electron chi connectivity index (χ2n) is 5.33. The van der Waals surface area contributed by atoms with Crippen molar-refractivity contribution in [3.63, 3.8) is 0 Å². The highest BCUT2D eigenvalue weighted by molar-refractivity contribution is 6.32. The van der Waals surface area contributed by atoms with Gasteiger partial charge in [-0.1, -0.05) is 41.9 Å². The van der Waals surface area contributed by atoms with Gasteiger partial charge in [0.05, 0.1) is 11.1 Å². The predicted molar refractivity (Wildman–Crippen MR) is 90.5 cm³/mol. The summed E-state index contributed by atoms with van der Waals surface area (Å²) in [5, 5.41) is 4.05. The number of halogens is 1. The van der Waals surface area contributed by atoms with E-state index >= 15 is 0 Å². The highest BCUT2D eigenvalue weighted by Crippen LogP contribution is 2.28. The van der Waals surface area contributed by atoms with Gasteiger partial charge in [-0.15, -0.1) is 0 Å². The van der Waals surface area contributed by atoms with Gasteiger partial charge in [0, 0.05) is 12.2 Å². The smallest absolute Gasteiger partial charge is 0.138 e. The summed E-state index contributed by atoms with van der Waals surface area (Å²) in [4.78, 5) is 0. The summed E-state index contributed by atoms with van der Waals surface area (Å²) in [6, 6.07) is 16.4. The molecule has 0 unspecified atom stereocenters. The molecular formula is C18H22ClNO. The molecule has 0 aromatic heterocycles. The molecule has 0 aliphatic carbocycles. The van der Waals surface area contributed by atoms with Crippen LogP contribution in [0.2, 0.25) is 5.02 Å². The first kappa shape index (κ1) is 15.7. The summed E-state index contributed by atoms with van der Waals surface area (Å²) in [7, 11) is 0. The minimum absolute atomic E-state index is 0.132. The van der Waals surface area contributed by atoms with Crippen LogP contribution in [0.4, 0.5) is 5.69 Å². The SMILES string of the molecule is CC(C)Oc1ccc(NCCCc2ccccc2)cc1Cl. The summed E-state index contributed by atoms with van der Waals surface area (Å²) >= 11 is 6.22. The van der Waals surface area contributed by atoms with E-state index in [2.05, 4.69) is 29.6 Å². The molecule has 0 bridgehead atoms. The molecule has 0 saturated heterocycles. The molecule has 0 heterocycles. The summed E-state index contributed by atoms with van der Waals surface area (Å²) in [6.07, 6.45) is 2.30. The number of ether oxygens (including phenoxy) is 1. The predicted octanol–water partition coefficient (Wildman–Crippen LogP) is 5.17. The Morgan fingerprint density at radius 2 is 1.86 bits per heavy atom. The standard InChI is InChI=1S/C18H22ClNO/c1-14(2)21-18-11-10-16(13-17(18)19)20-12-6-9-15-7-4-3-5-8-15/h3-5,7-8,10-11,13-14,20H,6,9,12H2,1-2H3. The zero-order valence-corrected chi connectivity index (χ0v) is 13.4. The van der Waals surface area contributed by atoms with Crippen molar-refractivity contribution in [3.05, 3.63) is 59.1 Å². The van der Waals surface area contributed by atoms with Gasteiger partial charge in [-0.3, -0.25) is 0 Å². The van der Waals surface area contributed by atoms with E-state index in [9.17, 15) is 0 Å². The molecule has 0 spiro atoms. The molecule has 0 amide bonds. The van der Waals surface area contributed by atoms with E-state index in [4.69, 9.17) is 16.3 Å². The van der Waals surface area contributed by atoms with Crippen LogP contribution in [0.3, 0.4) is 0 Å². The molecule has 2 aromatic carbocycles. The Kier molecular flexibility index (Phi) is 5.94. The minimum atomic E-state index is 0.132. The Balaban J connectivity index is 1.79. The van der Waals surface area contributed by atoms with Crippen molar-refractivity contribution in [1.82, 2.24) is 0 Å². The van der Waals surface area contributed by atoms with Gasteiger partial charge in [0.25, 0.3) is 0 Å². The zero-order valence-electron chi connectivity index (χ0n) is 12.6. The molecule has 21 heavy (non-hydrogen) atoms. The zero-order chi connectivity index (χ0) is 15.1. The maximum atomic E-state index is 6.22. The molecule has 0 aliphatic rings. The molecule has 1 N–H and O–H groups in total. The van der Waals surface area contributed by atoms with Crippen LogP contribution in [-0.4, -0.2) is 12.6 Å². The number of hydrogen-bond acceptors (Lipinski definition) is 2. The van der Waals surface area contributed by atoms with Crippen LogP contribution in [0.5, 0.6) is 5.75 Å². The molecule has 3 heteroatoms. The van der Waals surface area contributed by atoms with E-state index < -0.39 is 0 Å². The van der Waals surface area contributed by atoms with Crippen LogP contribution in [-0.2, 0) is 6.42 Å². The van der Waals surface area contributed by atoms with Gasteiger partial charge >= 0.3 is 0 Å². The average molecular weight is 304 g/mol. The maximum absolute atomic E-state index is 6.22. The quantitative estimate of drug-likeness (QED) is 0.712. The third kappa shape index (κ3) is 5.31. The van der Waals surface area contributed by atoms with Crippen molar-refractivity contribution < 1.29 is 4.74 Å². The first-order valence-electron chi connectivity index (χ1n) is 7.39. The van der Waals surface area contributed by atoms with Crippen molar-refractivity contribution in [2.45, 2.75) is 32.8 Å². The number of hydrogen-bond donors (Lipinski definition) is 1. The lowest BCUT2D eigenvalue weighted by atomic mass is 10.1. The highest BCUT2D eigenvalue weighted by atomic mass is 35.5. The van der Waals surface area contributed by atoms with Crippen molar-refractivity contribution >= 4 is 17.3 Å². The fraction of sp³-hybridized carbons (Fsp3) is 0.333. The minimum Gasteiger partial charge on any atom is -0.489 e. The number of anilines is 1. The first-order valence-corrected chi connectivity index (χ1v) is 7.77. The summed E-state index contributed by atoms with van der Waals surface area (Å²) in [5.74, 6) is 0.738. The van der Waals surface area contributed by atoms with Gasteiger partial charge in [0.2, 0.25) is 0 Å². The first-order chi connectivity index (χ1) is 10.1. The number of rotatable bonds is 7. The molecule has 0 saturated carbocycles. The summed E-state index contributed by atoms with van der Waals surface area (Å²) in [6.45, 7) is 4.91. The van der Waals surface area contributed by atoms with Crippen molar-refractivity contribution in [3.8, 4) is 5.75 Å². The molecule has 2 nitrogen and oxygen atoms in total. The van der Waals surface area contributed by atoms with Crippen molar-refractivity contribution in [2.24, 2.45) is 0 Å². The average Bonchev–Trinajstić information content (AvgIpc) is 2.47. The molecule has 2 aromatic rings. The van der Waals surface area contributed by atoms with Gasteiger partial charge < -0.3 is 10.1 Å². The van der Waals surface area contributed by atoms with E-state index in [1.807, 2.05) is 38.1 Å². The fourth-order valence-corrected chi connectivity index (χ4v) is 2.36. The summed E-state index contributed by atoms with van der Waals surface area (Å²) in [5.41, 5.74) is 2.40. The Labute approximate surface area is 132 Å². The van der Waals surface area contributed by atoms with E-state index in [0.29, 0.717) is 5.02 Å². The van der Waals surface area contributed by atoms with Gasteiger partial charge in [0.1, 0.15) is 5.75 Å². The van der Waals surface area contributed by atoms with Crippen molar-refractivity contribution in [2.75, 3.05) is 11.9 Å². The normalized spacial score (nSPS) is 10.7. The second-order valence-corrected chi connectivity index (χ2v) is 5.73. The van der Waals surface area contributed by atoms with Gasteiger partial charge in [-0.25, -0.2) is 0 Å². The lowest BCUT2D eigenvalue weighted by Gasteiger charge is -2.13. The number of nitrogens with one attached hydrogen (secondary N) is 1. The molecule has 0 radical (unpaired) electrons. The van der Waals surface area contributed by atoms with E-state index in [0.717, 1.165) is 30.8 Å². The van der Waals surface area contributed by atoms with Crippen LogP contribution in [0.1, 0.15) is 25.8 Å². The Morgan fingerprint density at radius 3 is 2.52 bits per heavy atom. The van der Waals surface area contributed by atoms with Crippen LogP contribution in [0, 0.1) is 0 Å². The third-order valence-corrected chi connectivity index (χ3v) is 3.40. The van der Waals surface area contributed by atoms with Gasteiger partial charge in [-0.05, 0) is 50.5 Å². The number of aryl methyl sites for hydroxylation is 1. The second kappa shape index (κ2) is 7.94. The largest absolute Gasteiger partial charge is 0.489 e. The Bertz CT molecular complexity index is 554. The molecule has 2 rings (SSSR count). The number of benzene rings is 2. The lowest BCUT2D eigenvalue weighted by Crippen LogP contribution is -2.06. The van der Waals surface area contributed by atoms with Crippen LogP contribution >= 0.6 is 11.6 Å². The molecule has 0 fully saturated rings. The van der Waals surface area contributed by atoms with Crippen molar-refractivity contribution in [1.29, 1.82) is 0 Å². The Hall–Kier alpha value is -1.67. The third-order valence-electron chi connectivity index (χ3n) is 3.11. The maximum Gasteiger partial charge on any atom is 0.138 e. The molecule has 0 atom stereocenters. The van der Waals surface area contributed by atoms with E-state index in [1.165, 1.54) is 5.56 Å². The van der Waals surface area contributed by atoms with Gasteiger partial charge in [0.15, 0.2) is 0 Å². The molecule has 112 valence electrons. The Morgan fingerprint density at radius 1 is 1.10 bits per heavy atom. The van der Waals surface area contributed by atoms with Crippen LogP contribution in [0.25, 0.3) is 0 Å². The monoisotopic (exact) mass is 303 g/mol. The van der Waals surface area contributed by atoms with Crippen LogP contribution < -0.4 is 10.1 Å². The van der Waals surface area contributed by atoms with Crippen LogP contribution in [0.15, 0.2) is 48.5 Å². The summed E-state index contributed by atoms with van der Waals surface area (Å²) < 4.78 is 5.62. The topological polar surface area (TPSA) is 21.3 Å². The highest BCUT2D eigenvalue weighted by Gasteiger charge is 2.04.